The molecule has 192 valence electrons. The minimum absolute atomic E-state index is 0.0204. The summed E-state index contributed by atoms with van der Waals surface area (Å²) in [6.45, 7) is 0. The van der Waals surface area contributed by atoms with E-state index in [1.54, 1.807) is 0 Å². The van der Waals surface area contributed by atoms with Gasteiger partial charge in [0.25, 0.3) is 0 Å². The Labute approximate surface area is 225 Å². The first-order valence-corrected chi connectivity index (χ1v) is 13.7. The lowest BCUT2D eigenvalue weighted by Crippen LogP contribution is -2.67. The lowest BCUT2D eigenvalue weighted by Gasteiger charge is -2.71. The van der Waals surface area contributed by atoms with Crippen molar-refractivity contribution in [3.63, 3.8) is 0 Å². The van der Waals surface area contributed by atoms with Gasteiger partial charge in [-0.15, -0.1) is 0 Å². The van der Waals surface area contributed by atoms with Crippen LogP contribution in [0.5, 0.6) is 0 Å². The van der Waals surface area contributed by atoms with Crippen molar-refractivity contribution in [2.75, 3.05) is 22.9 Å². The van der Waals surface area contributed by atoms with Crippen molar-refractivity contribution in [2.24, 2.45) is 0 Å². The van der Waals surface area contributed by atoms with Crippen molar-refractivity contribution >= 4 is 22.7 Å². The molecule has 4 fully saturated rings. The third-order valence-electron chi connectivity index (χ3n) is 10.2. The molecule has 4 bridgehead atoms. The van der Waals surface area contributed by atoms with Crippen molar-refractivity contribution in [1.82, 2.24) is 0 Å². The monoisotopic (exact) mass is 500 g/mol. The molecule has 0 unspecified atom stereocenters. The van der Waals surface area contributed by atoms with E-state index in [1.807, 2.05) is 0 Å². The van der Waals surface area contributed by atoms with Crippen LogP contribution < -0.4 is 22.9 Å². The highest BCUT2D eigenvalue weighted by molar-refractivity contribution is 5.54. The van der Waals surface area contributed by atoms with Gasteiger partial charge in [-0.2, -0.15) is 0 Å². The van der Waals surface area contributed by atoms with Gasteiger partial charge < -0.3 is 22.9 Å². The molecule has 0 aliphatic heterocycles. The first-order valence-electron chi connectivity index (χ1n) is 13.7. The molecule has 4 aliphatic carbocycles. The van der Waals surface area contributed by atoms with Gasteiger partial charge in [0.05, 0.1) is 0 Å². The number of hydrogen-bond donors (Lipinski definition) is 4. The van der Waals surface area contributed by atoms with Crippen LogP contribution in [0.3, 0.4) is 0 Å². The summed E-state index contributed by atoms with van der Waals surface area (Å²) in [7, 11) is 0. The molecular weight excluding hydrogens is 464 g/mol. The minimum atomic E-state index is 0.0204. The number of nitrogens with two attached hydrogens (primary N) is 4. The number of anilines is 4. The normalized spacial score (nSPS) is 31.4. The standard InChI is InChI=1S/C34H36N4/c35-27-9-1-23(2-10-27)31-17-32(24-3-11-28(36)12-4-24)20-33(18-31,25-5-13-29(37)14-6-25)22-34(19-31,21-32)26-7-15-30(38)16-8-26/h1-16H,17-22,35-38H2. The third-order valence-corrected chi connectivity index (χ3v) is 10.2. The summed E-state index contributed by atoms with van der Waals surface area (Å²) in [4.78, 5) is 0. The fourth-order valence-corrected chi connectivity index (χ4v) is 9.21. The van der Waals surface area contributed by atoms with Crippen LogP contribution in [0.4, 0.5) is 22.7 Å². The van der Waals surface area contributed by atoms with Crippen molar-refractivity contribution in [2.45, 2.75) is 60.2 Å². The van der Waals surface area contributed by atoms with Gasteiger partial charge in [-0.05, 0) is 131 Å². The fraction of sp³-hybridized carbons (Fsp3) is 0.294. The number of nitrogen functional groups attached to an aromatic ring is 4. The molecule has 0 atom stereocenters. The molecule has 0 aromatic heterocycles. The fourth-order valence-electron chi connectivity index (χ4n) is 9.21. The summed E-state index contributed by atoms with van der Waals surface area (Å²) in [6, 6.07) is 34.9. The van der Waals surface area contributed by atoms with E-state index in [0.717, 1.165) is 61.3 Å². The Bertz CT molecular complexity index is 1220. The van der Waals surface area contributed by atoms with Gasteiger partial charge in [-0.1, -0.05) is 48.5 Å². The van der Waals surface area contributed by atoms with E-state index in [4.69, 9.17) is 22.9 Å². The van der Waals surface area contributed by atoms with Gasteiger partial charge in [0, 0.05) is 22.7 Å². The van der Waals surface area contributed by atoms with Crippen LogP contribution in [-0.2, 0) is 21.7 Å². The Morgan fingerprint density at radius 1 is 0.289 bits per heavy atom. The van der Waals surface area contributed by atoms with Gasteiger partial charge in [0.15, 0.2) is 0 Å². The molecular formula is C34H36N4. The molecule has 0 heterocycles. The van der Waals surface area contributed by atoms with Gasteiger partial charge in [0.1, 0.15) is 0 Å². The lowest BCUT2D eigenvalue weighted by molar-refractivity contribution is -0.0691. The summed E-state index contributed by atoms with van der Waals surface area (Å²) in [5.74, 6) is 0. The quantitative estimate of drug-likeness (QED) is 0.242. The van der Waals surface area contributed by atoms with Crippen LogP contribution >= 0.6 is 0 Å². The van der Waals surface area contributed by atoms with Crippen LogP contribution in [0, 0.1) is 0 Å². The molecule has 8 N–H and O–H groups in total. The minimum Gasteiger partial charge on any atom is -0.399 e. The van der Waals surface area contributed by atoms with Crippen molar-refractivity contribution < 1.29 is 0 Å². The molecule has 4 nitrogen and oxygen atoms in total. The Hall–Kier alpha value is -3.92. The van der Waals surface area contributed by atoms with Crippen LogP contribution in [0.15, 0.2) is 97.1 Å². The zero-order valence-electron chi connectivity index (χ0n) is 21.8. The smallest absolute Gasteiger partial charge is 0.0314 e. The van der Waals surface area contributed by atoms with Crippen LogP contribution in [-0.4, -0.2) is 0 Å². The second-order valence-corrected chi connectivity index (χ2v) is 12.7. The third kappa shape index (κ3) is 3.36. The largest absolute Gasteiger partial charge is 0.399 e. The number of rotatable bonds is 4. The summed E-state index contributed by atoms with van der Waals surface area (Å²) in [6.07, 6.45) is 6.76. The molecule has 38 heavy (non-hydrogen) atoms. The highest BCUT2D eigenvalue weighted by Gasteiger charge is 2.69. The zero-order valence-corrected chi connectivity index (χ0v) is 21.8. The first kappa shape index (κ1) is 23.2. The van der Waals surface area contributed by atoms with E-state index in [-0.39, 0.29) is 21.7 Å². The molecule has 0 saturated heterocycles. The highest BCUT2D eigenvalue weighted by Crippen LogP contribution is 2.74. The molecule has 4 saturated carbocycles. The summed E-state index contributed by atoms with van der Waals surface area (Å²) in [5.41, 5.74) is 33.7. The molecule has 4 heteroatoms. The Balaban J connectivity index is 1.51. The maximum Gasteiger partial charge on any atom is 0.0314 e. The summed E-state index contributed by atoms with van der Waals surface area (Å²) < 4.78 is 0. The average Bonchev–Trinajstić information content (AvgIpc) is 2.89. The topological polar surface area (TPSA) is 104 Å². The number of benzene rings is 4. The predicted molar refractivity (Wildman–Crippen MR) is 158 cm³/mol. The Morgan fingerprint density at radius 2 is 0.447 bits per heavy atom. The van der Waals surface area contributed by atoms with Crippen LogP contribution in [0.1, 0.15) is 60.8 Å². The number of hydrogen-bond acceptors (Lipinski definition) is 4. The lowest BCUT2D eigenvalue weighted by atomic mass is 9.32. The maximum absolute atomic E-state index is 6.18. The molecule has 0 spiro atoms. The molecule has 0 amide bonds. The van der Waals surface area contributed by atoms with E-state index in [2.05, 4.69) is 97.1 Å². The van der Waals surface area contributed by atoms with E-state index in [9.17, 15) is 0 Å². The van der Waals surface area contributed by atoms with Crippen molar-refractivity contribution in [1.29, 1.82) is 0 Å². The average molecular weight is 501 g/mol. The molecule has 4 aromatic rings. The maximum atomic E-state index is 6.18. The predicted octanol–water partition coefficient (Wildman–Crippen LogP) is 6.45. The van der Waals surface area contributed by atoms with Crippen LogP contribution in [0.25, 0.3) is 0 Å². The van der Waals surface area contributed by atoms with E-state index >= 15 is 0 Å². The SMILES string of the molecule is Nc1ccc(C23CC4(c5ccc(N)cc5)CC(c5ccc(N)cc5)(C2)CC(c2ccc(N)cc2)(C3)C4)cc1. The first-order chi connectivity index (χ1) is 18.2. The van der Waals surface area contributed by atoms with Crippen molar-refractivity contribution in [3.8, 4) is 0 Å². The second-order valence-electron chi connectivity index (χ2n) is 12.7. The van der Waals surface area contributed by atoms with E-state index < -0.39 is 0 Å². The highest BCUT2D eigenvalue weighted by atomic mass is 14.7. The van der Waals surface area contributed by atoms with E-state index in [0.29, 0.717) is 0 Å². The molecule has 4 aliphatic rings. The van der Waals surface area contributed by atoms with Crippen LogP contribution in [0.2, 0.25) is 0 Å². The van der Waals surface area contributed by atoms with Gasteiger partial charge in [0.2, 0.25) is 0 Å². The molecule has 8 rings (SSSR count). The van der Waals surface area contributed by atoms with Crippen molar-refractivity contribution in [3.05, 3.63) is 119 Å². The molecule has 0 radical (unpaired) electrons. The summed E-state index contributed by atoms with van der Waals surface area (Å²) in [5, 5.41) is 0. The Kier molecular flexibility index (Phi) is 4.76. The Morgan fingerprint density at radius 3 is 0.605 bits per heavy atom. The van der Waals surface area contributed by atoms with Gasteiger partial charge in [-0.3, -0.25) is 0 Å². The summed E-state index contributed by atoms with van der Waals surface area (Å²) >= 11 is 0. The zero-order chi connectivity index (χ0) is 26.2. The molecule has 4 aromatic carbocycles. The second kappa shape index (κ2) is 7.80. The van der Waals surface area contributed by atoms with Gasteiger partial charge >= 0.3 is 0 Å². The van der Waals surface area contributed by atoms with Gasteiger partial charge in [-0.25, -0.2) is 0 Å². The van der Waals surface area contributed by atoms with E-state index in [1.165, 1.54) is 22.3 Å².